The lowest BCUT2D eigenvalue weighted by atomic mass is 10.2. The van der Waals surface area contributed by atoms with Crippen LogP contribution in [0.25, 0.3) is 0 Å². The Morgan fingerprint density at radius 1 is 1.33 bits per heavy atom. The van der Waals surface area contributed by atoms with E-state index in [-0.39, 0.29) is 17.4 Å². The second-order valence-corrected chi connectivity index (χ2v) is 5.20. The average Bonchev–Trinajstić information content (AvgIpc) is 2.75. The largest absolute Gasteiger partial charge is 0.461 e. The van der Waals surface area contributed by atoms with Crippen LogP contribution in [0.1, 0.15) is 32.0 Å². The number of anilines is 1. The highest BCUT2D eigenvalue weighted by Gasteiger charge is 2.10. The summed E-state index contributed by atoms with van der Waals surface area (Å²) in [6.45, 7) is 6.43. The molecule has 0 aliphatic rings. The fourth-order valence-corrected chi connectivity index (χ4v) is 2.03. The highest BCUT2D eigenvalue weighted by atomic mass is 35.5. The number of nitrogens with zero attached hydrogens (tertiary/aromatic N) is 5. The molecule has 8 heteroatoms. The van der Waals surface area contributed by atoms with Crippen molar-refractivity contribution in [1.29, 1.82) is 0 Å². The van der Waals surface area contributed by atoms with Crippen LogP contribution in [0.5, 0.6) is 6.01 Å². The summed E-state index contributed by atoms with van der Waals surface area (Å²) >= 11 is 5.88. The Morgan fingerprint density at radius 2 is 2.10 bits per heavy atom. The van der Waals surface area contributed by atoms with Crippen molar-refractivity contribution in [2.45, 2.75) is 39.8 Å². The van der Waals surface area contributed by atoms with Gasteiger partial charge >= 0.3 is 6.01 Å². The van der Waals surface area contributed by atoms with E-state index in [1.807, 2.05) is 27.1 Å². The van der Waals surface area contributed by atoms with Crippen LogP contribution in [0.4, 0.5) is 5.95 Å². The van der Waals surface area contributed by atoms with Gasteiger partial charge < -0.3 is 10.1 Å². The van der Waals surface area contributed by atoms with Gasteiger partial charge in [-0.15, -0.1) is 0 Å². The molecule has 0 atom stereocenters. The van der Waals surface area contributed by atoms with Crippen molar-refractivity contribution in [2.75, 3.05) is 5.32 Å². The monoisotopic (exact) mass is 310 g/mol. The van der Waals surface area contributed by atoms with Crippen molar-refractivity contribution in [3.63, 3.8) is 0 Å². The van der Waals surface area contributed by atoms with E-state index in [4.69, 9.17) is 16.3 Å². The van der Waals surface area contributed by atoms with Crippen molar-refractivity contribution < 1.29 is 4.74 Å². The molecule has 2 aromatic rings. The number of ether oxygens (including phenoxy) is 1. The standard InChI is InChI=1S/C13H19ClN6O/c1-5-10-9(7-20(4)19-10)6-15-12-16-11(14)17-13(18-12)21-8(2)3/h7-8H,5-6H2,1-4H3,(H,15,16,17,18). The van der Waals surface area contributed by atoms with Crippen LogP contribution < -0.4 is 10.1 Å². The van der Waals surface area contributed by atoms with Crippen molar-refractivity contribution in [3.05, 3.63) is 22.7 Å². The Hall–Kier alpha value is -1.89. The van der Waals surface area contributed by atoms with Crippen LogP contribution in [0.3, 0.4) is 0 Å². The molecule has 0 radical (unpaired) electrons. The zero-order valence-electron chi connectivity index (χ0n) is 12.6. The average molecular weight is 311 g/mol. The van der Waals surface area contributed by atoms with Gasteiger partial charge in [-0.25, -0.2) is 0 Å². The number of nitrogens with one attached hydrogen (secondary N) is 1. The number of aryl methyl sites for hydroxylation is 2. The summed E-state index contributed by atoms with van der Waals surface area (Å²) in [6.07, 6.45) is 2.82. The molecule has 0 aromatic carbocycles. The zero-order valence-corrected chi connectivity index (χ0v) is 13.3. The molecule has 7 nitrogen and oxygen atoms in total. The van der Waals surface area contributed by atoms with Gasteiger partial charge in [-0.2, -0.15) is 20.1 Å². The summed E-state index contributed by atoms with van der Waals surface area (Å²) < 4.78 is 7.23. The lowest BCUT2D eigenvalue weighted by molar-refractivity contribution is 0.222. The maximum Gasteiger partial charge on any atom is 0.322 e. The Morgan fingerprint density at radius 3 is 2.76 bits per heavy atom. The number of hydrogen-bond acceptors (Lipinski definition) is 6. The first-order chi connectivity index (χ1) is 9.97. The van der Waals surface area contributed by atoms with Gasteiger partial charge in [0.1, 0.15) is 0 Å². The van der Waals surface area contributed by atoms with Gasteiger partial charge in [-0.3, -0.25) is 4.68 Å². The van der Waals surface area contributed by atoms with Gasteiger partial charge in [0.2, 0.25) is 11.2 Å². The quantitative estimate of drug-likeness (QED) is 0.881. The fraction of sp³-hybridized carbons (Fsp3) is 0.538. The predicted molar refractivity (Wildman–Crippen MR) is 80.5 cm³/mol. The molecule has 2 heterocycles. The van der Waals surface area contributed by atoms with E-state index in [1.54, 1.807) is 4.68 Å². The summed E-state index contributed by atoms with van der Waals surface area (Å²) in [5.74, 6) is 0.386. The highest BCUT2D eigenvalue weighted by molar-refractivity contribution is 6.28. The molecule has 0 bridgehead atoms. The van der Waals surface area contributed by atoms with Gasteiger partial charge in [0, 0.05) is 25.4 Å². The summed E-state index contributed by atoms with van der Waals surface area (Å²) in [5.41, 5.74) is 2.15. The second-order valence-electron chi connectivity index (χ2n) is 4.86. The van der Waals surface area contributed by atoms with E-state index in [0.717, 1.165) is 17.7 Å². The highest BCUT2D eigenvalue weighted by Crippen LogP contribution is 2.14. The van der Waals surface area contributed by atoms with Gasteiger partial charge in [0.25, 0.3) is 0 Å². The van der Waals surface area contributed by atoms with Gasteiger partial charge in [-0.05, 0) is 31.9 Å². The van der Waals surface area contributed by atoms with Crippen molar-refractivity contribution in [1.82, 2.24) is 24.7 Å². The maximum absolute atomic E-state index is 5.88. The van der Waals surface area contributed by atoms with E-state index in [0.29, 0.717) is 12.5 Å². The van der Waals surface area contributed by atoms with Crippen molar-refractivity contribution >= 4 is 17.5 Å². The van der Waals surface area contributed by atoms with Crippen molar-refractivity contribution in [3.8, 4) is 6.01 Å². The molecular formula is C13H19ClN6O. The van der Waals surface area contributed by atoms with Crippen LogP contribution >= 0.6 is 11.6 Å². The van der Waals surface area contributed by atoms with Crippen LogP contribution in [0.2, 0.25) is 5.28 Å². The maximum atomic E-state index is 5.88. The minimum Gasteiger partial charge on any atom is -0.461 e. The fourth-order valence-electron chi connectivity index (χ4n) is 1.88. The number of hydrogen-bond donors (Lipinski definition) is 1. The van der Waals surface area contributed by atoms with Crippen LogP contribution in [0.15, 0.2) is 6.20 Å². The minimum absolute atomic E-state index is 0.0265. The molecule has 21 heavy (non-hydrogen) atoms. The van der Waals surface area contributed by atoms with Crippen molar-refractivity contribution in [2.24, 2.45) is 7.05 Å². The van der Waals surface area contributed by atoms with E-state index in [2.05, 4.69) is 32.3 Å². The topological polar surface area (TPSA) is 77.8 Å². The smallest absolute Gasteiger partial charge is 0.322 e. The Kier molecular flexibility index (Phi) is 4.95. The van der Waals surface area contributed by atoms with Gasteiger partial charge in [-0.1, -0.05) is 6.92 Å². The molecule has 0 aliphatic heterocycles. The summed E-state index contributed by atoms with van der Waals surface area (Å²) in [5, 5.41) is 7.61. The molecule has 2 aromatic heterocycles. The van der Waals surface area contributed by atoms with E-state index in [9.17, 15) is 0 Å². The lowest BCUT2D eigenvalue weighted by Crippen LogP contribution is -2.11. The van der Waals surface area contributed by atoms with Crippen LogP contribution in [0, 0.1) is 0 Å². The first-order valence-corrected chi connectivity index (χ1v) is 7.19. The predicted octanol–water partition coefficient (Wildman–Crippen LogP) is 2.22. The van der Waals surface area contributed by atoms with E-state index in [1.165, 1.54) is 0 Å². The number of halogens is 1. The van der Waals surface area contributed by atoms with E-state index >= 15 is 0 Å². The first kappa shape index (κ1) is 15.5. The number of aromatic nitrogens is 5. The molecule has 0 amide bonds. The molecule has 1 N–H and O–H groups in total. The lowest BCUT2D eigenvalue weighted by Gasteiger charge is -2.09. The molecule has 114 valence electrons. The molecular weight excluding hydrogens is 292 g/mol. The third-order valence-electron chi connectivity index (χ3n) is 2.69. The second kappa shape index (κ2) is 6.71. The summed E-state index contributed by atoms with van der Waals surface area (Å²) in [4.78, 5) is 12.2. The van der Waals surface area contributed by atoms with Crippen LogP contribution in [-0.2, 0) is 20.0 Å². The third-order valence-corrected chi connectivity index (χ3v) is 2.86. The van der Waals surface area contributed by atoms with Crippen LogP contribution in [-0.4, -0.2) is 30.8 Å². The number of rotatable bonds is 6. The summed E-state index contributed by atoms with van der Waals surface area (Å²) in [6, 6.07) is 0.217. The third kappa shape index (κ3) is 4.29. The minimum atomic E-state index is -0.0265. The van der Waals surface area contributed by atoms with Gasteiger partial charge in [0.15, 0.2) is 0 Å². The SMILES string of the molecule is CCc1nn(C)cc1CNc1nc(Cl)nc(OC(C)C)n1. The summed E-state index contributed by atoms with van der Waals surface area (Å²) in [7, 11) is 1.90. The molecule has 0 saturated heterocycles. The Labute approximate surface area is 128 Å². The molecule has 0 saturated carbocycles. The Balaban J connectivity index is 2.10. The Bertz CT molecular complexity index is 613. The molecule has 0 fully saturated rings. The van der Waals surface area contributed by atoms with Gasteiger partial charge in [0.05, 0.1) is 11.8 Å². The van der Waals surface area contributed by atoms with E-state index < -0.39 is 0 Å². The molecule has 2 rings (SSSR count). The normalized spacial score (nSPS) is 11.0. The molecule has 0 aliphatic carbocycles. The zero-order chi connectivity index (χ0) is 15.4. The first-order valence-electron chi connectivity index (χ1n) is 6.81. The molecule has 0 unspecified atom stereocenters. The molecule has 0 spiro atoms.